The fraction of sp³-hybridized carbons (Fsp3) is 0.120. The van der Waals surface area contributed by atoms with Crippen molar-refractivity contribution in [1.29, 1.82) is 0 Å². The largest absolute Gasteiger partial charge is 0.497 e. The van der Waals surface area contributed by atoms with Crippen LogP contribution in [0.15, 0.2) is 78.5 Å². The van der Waals surface area contributed by atoms with Crippen LogP contribution in [0.3, 0.4) is 0 Å². The normalized spacial score (nSPS) is 13.7. The maximum Gasteiger partial charge on any atom is 0.282 e. The zero-order valence-electron chi connectivity index (χ0n) is 17.4. The summed E-state index contributed by atoms with van der Waals surface area (Å²) in [4.78, 5) is 30.2. The molecule has 0 N–H and O–H groups in total. The Morgan fingerprint density at radius 3 is 2.19 bits per heavy atom. The van der Waals surface area contributed by atoms with Gasteiger partial charge in [-0.15, -0.1) is 0 Å². The van der Waals surface area contributed by atoms with Crippen molar-refractivity contribution < 1.29 is 14.3 Å². The van der Waals surface area contributed by atoms with Crippen molar-refractivity contribution >= 4 is 40.4 Å². The number of amides is 2. The number of ether oxygens (including phenoxy) is 1. The number of anilines is 2. The van der Waals surface area contributed by atoms with E-state index in [1.54, 1.807) is 68.4 Å². The average molecular weight is 433 g/mol. The molecule has 1 heterocycles. The van der Waals surface area contributed by atoms with Crippen molar-refractivity contribution in [2.45, 2.75) is 6.92 Å². The SMILES string of the molecule is COc1ccc(C2=C(N(C)c3ccccc3)C(=O)N(c3cccc(Cl)c3C)C2=O)cc1. The molecule has 0 aromatic heterocycles. The van der Waals surface area contributed by atoms with Crippen molar-refractivity contribution in [3.63, 3.8) is 0 Å². The summed E-state index contributed by atoms with van der Waals surface area (Å²) in [6, 6.07) is 21.8. The van der Waals surface area contributed by atoms with Crippen molar-refractivity contribution in [3.05, 3.63) is 94.6 Å². The number of halogens is 1. The molecule has 6 heteroatoms. The number of hydrogen-bond acceptors (Lipinski definition) is 4. The molecule has 0 bridgehead atoms. The first-order valence-electron chi connectivity index (χ1n) is 9.75. The van der Waals surface area contributed by atoms with Crippen LogP contribution in [0.1, 0.15) is 11.1 Å². The highest BCUT2D eigenvalue weighted by Gasteiger charge is 2.42. The molecule has 2 amide bonds. The summed E-state index contributed by atoms with van der Waals surface area (Å²) in [5, 5.41) is 0.494. The van der Waals surface area contributed by atoms with Gasteiger partial charge in [-0.2, -0.15) is 0 Å². The molecule has 0 fully saturated rings. The number of hydrogen-bond donors (Lipinski definition) is 0. The lowest BCUT2D eigenvalue weighted by molar-refractivity contribution is -0.120. The van der Waals surface area contributed by atoms with Gasteiger partial charge in [-0.3, -0.25) is 9.59 Å². The van der Waals surface area contributed by atoms with E-state index in [1.807, 2.05) is 30.3 Å². The van der Waals surface area contributed by atoms with Crippen LogP contribution in [0.4, 0.5) is 11.4 Å². The number of carbonyl (C=O) groups is 2. The highest BCUT2D eigenvalue weighted by Crippen LogP contribution is 2.38. The summed E-state index contributed by atoms with van der Waals surface area (Å²) in [7, 11) is 3.37. The Balaban J connectivity index is 1.89. The monoisotopic (exact) mass is 432 g/mol. The predicted octanol–water partition coefficient (Wildman–Crippen LogP) is 5.08. The number of imide groups is 1. The fourth-order valence-corrected chi connectivity index (χ4v) is 3.85. The number of carbonyl (C=O) groups excluding carboxylic acids is 2. The summed E-state index contributed by atoms with van der Waals surface area (Å²) < 4.78 is 5.24. The Hall–Kier alpha value is -3.57. The lowest BCUT2D eigenvalue weighted by atomic mass is 10.0. The quantitative estimate of drug-likeness (QED) is 0.528. The first-order valence-corrected chi connectivity index (χ1v) is 10.1. The van der Waals surface area contributed by atoms with Crippen molar-refractivity contribution in [1.82, 2.24) is 0 Å². The maximum atomic E-state index is 13.6. The predicted molar refractivity (Wildman–Crippen MR) is 123 cm³/mol. The van der Waals surface area contributed by atoms with Crippen LogP contribution < -0.4 is 14.5 Å². The van der Waals surface area contributed by atoms with Crippen LogP contribution in [0.2, 0.25) is 5.02 Å². The molecule has 0 radical (unpaired) electrons. The molecule has 0 atom stereocenters. The number of para-hydroxylation sites is 1. The average Bonchev–Trinajstić information content (AvgIpc) is 3.06. The summed E-state index contributed by atoms with van der Waals surface area (Å²) in [5.41, 5.74) is 3.22. The Labute approximate surface area is 186 Å². The number of likely N-dealkylation sites (N-methyl/N-ethyl adjacent to an activating group) is 1. The van der Waals surface area contributed by atoms with E-state index >= 15 is 0 Å². The van der Waals surface area contributed by atoms with Crippen LogP contribution in [-0.2, 0) is 9.59 Å². The maximum absolute atomic E-state index is 13.6. The van der Waals surface area contributed by atoms with E-state index in [0.717, 1.165) is 5.69 Å². The van der Waals surface area contributed by atoms with Gasteiger partial charge in [-0.25, -0.2) is 4.90 Å². The summed E-state index contributed by atoms with van der Waals surface area (Å²) in [6.07, 6.45) is 0. The van der Waals surface area contributed by atoms with Gasteiger partial charge in [0.15, 0.2) is 0 Å². The summed E-state index contributed by atoms with van der Waals surface area (Å²) >= 11 is 6.28. The minimum Gasteiger partial charge on any atom is -0.497 e. The molecular weight excluding hydrogens is 412 g/mol. The molecule has 5 nitrogen and oxygen atoms in total. The Morgan fingerprint density at radius 2 is 1.55 bits per heavy atom. The van der Waals surface area contributed by atoms with Crippen LogP contribution in [-0.4, -0.2) is 26.0 Å². The zero-order chi connectivity index (χ0) is 22.1. The van der Waals surface area contributed by atoms with Crippen LogP contribution in [0, 0.1) is 6.92 Å². The number of rotatable bonds is 5. The Bertz CT molecular complexity index is 1190. The van der Waals surface area contributed by atoms with Gasteiger partial charge in [0, 0.05) is 17.8 Å². The Morgan fingerprint density at radius 1 is 0.871 bits per heavy atom. The van der Waals surface area contributed by atoms with Gasteiger partial charge < -0.3 is 9.64 Å². The highest BCUT2D eigenvalue weighted by molar-refractivity contribution is 6.46. The second-order valence-corrected chi connectivity index (χ2v) is 7.58. The molecule has 1 aliphatic heterocycles. The molecule has 0 saturated carbocycles. The molecule has 0 saturated heterocycles. The topological polar surface area (TPSA) is 49.9 Å². The molecule has 3 aromatic rings. The van der Waals surface area contributed by atoms with Gasteiger partial charge in [0.2, 0.25) is 0 Å². The highest BCUT2D eigenvalue weighted by atomic mass is 35.5. The van der Waals surface area contributed by atoms with Crippen LogP contribution in [0.5, 0.6) is 5.75 Å². The molecule has 4 rings (SSSR count). The minimum atomic E-state index is -0.396. The van der Waals surface area contributed by atoms with E-state index in [4.69, 9.17) is 16.3 Å². The van der Waals surface area contributed by atoms with Crippen LogP contribution in [0.25, 0.3) is 5.57 Å². The van der Waals surface area contributed by atoms with Crippen molar-refractivity contribution in [2.75, 3.05) is 24.0 Å². The second-order valence-electron chi connectivity index (χ2n) is 7.18. The first kappa shape index (κ1) is 20.7. The van der Waals surface area contributed by atoms with E-state index in [0.29, 0.717) is 38.9 Å². The van der Waals surface area contributed by atoms with E-state index < -0.39 is 11.8 Å². The summed E-state index contributed by atoms with van der Waals surface area (Å²) in [5.74, 6) is -0.118. The van der Waals surface area contributed by atoms with E-state index in [9.17, 15) is 9.59 Å². The fourth-order valence-electron chi connectivity index (χ4n) is 3.69. The van der Waals surface area contributed by atoms with Gasteiger partial charge in [0.25, 0.3) is 11.8 Å². The molecule has 31 heavy (non-hydrogen) atoms. The van der Waals surface area contributed by atoms with Crippen LogP contribution >= 0.6 is 11.6 Å². The number of benzene rings is 3. The minimum absolute atomic E-state index is 0.306. The molecular formula is C25H21ClN2O3. The van der Waals surface area contributed by atoms with E-state index in [2.05, 4.69) is 0 Å². The number of methoxy groups -OCH3 is 1. The smallest absolute Gasteiger partial charge is 0.282 e. The standard InChI is InChI=1S/C25H21ClN2O3/c1-16-20(26)10-7-11-21(16)28-24(29)22(17-12-14-19(31-3)15-13-17)23(25(28)30)27(2)18-8-5-4-6-9-18/h4-15H,1-3H3. The molecule has 156 valence electrons. The van der Waals surface area contributed by atoms with Gasteiger partial charge in [0.1, 0.15) is 11.4 Å². The summed E-state index contributed by atoms with van der Waals surface area (Å²) in [6.45, 7) is 1.80. The van der Waals surface area contributed by atoms with Gasteiger partial charge in [-0.1, -0.05) is 48.0 Å². The van der Waals surface area contributed by atoms with Crippen molar-refractivity contribution in [3.8, 4) is 5.75 Å². The van der Waals surface area contributed by atoms with Gasteiger partial charge in [0.05, 0.1) is 18.4 Å². The third-order valence-electron chi connectivity index (χ3n) is 5.40. The molecule has 1 aliphatic rings. The van der Waals surface area contributed by atoms with Gasteiger partial charge in [-0.05, 0) is 54.4 Å². The molecule has 0 aliphatic carbocycles. The third kappa shape index (κ3) is 3.57. The second kappa shape index (κ2) is 8.28. The number of nitrogens with zero attached hydrogens (tertiary/aromatic N) is 2. The molecule has 0 spiro atoms. The van der Waals surface area contributed by atoms with Crippen molar-refractivity contribution in [2.24, 2.45) is 0 Å². The first-order chi connectivity index (χ1) is 14.9. The van der Waals surface area contributed by atoms with E-state index in [-0.39, 0.29) is 0 Å². The lowest BCUT2D eigenvalue weighted by Gasteiger charge is -2.22. The lowest BCUT2D eigenvalue weighted by Crippen LogP contribution is -2.34. The third-order valence-corrected chi connectivity index (χ3v) is 5.81. The molecule has 0 unspecified atom stereocenters. The zero-order valence-corrected chi connectivity index (χ0v) is 18.2. The van der Waals surface area contributed by atoms with E-state index in [1.165, 1.54) is 4.90 Å². The van der Waals surface area contributed by atoms with Gasteiger partial charge >= 0.3 is 0 Å². The molecule has 3 aromatic carbocycles. The Kier molecular flexibility index (Phi) is 5.53.